The summed E-state index contributed by atoms with van der Waals surface area (Å²) in [4.78, 5) is 12.4. The largest absolute Gasteiger partial charge is 0.382 e. The molecule has 19 heavy (non-hydrogen) atoms. The van der Waals surface area contributed by atoms with Gasteiger partial charge in [0.25, 0.3) is 0 Å². The molecule has 2 heterocycles. The van der Waals surface area contributed by atoms with Gasteiger partial charge in [-0.15, -0.1) is 0 Å². The molecule has 0 bridgehead atoms. The second-order valence-electron chi connectivity index (χ2n) is 4.12. The van der Waals surface area contributed by atoms with E-state index in [1.165, 1.54) is 6.33 Å². The highest BCUT2D eigenvalue weighted by Gasteiger charge is 2.14. The van der Waals surface area contributed by atoms with Crippen molar-refractivity contribution in [3.05, 3.63) is 48.0 Å². The van der Waals surface area contributed by atoms with Crippen molar-refractivity contribution in [2.75, 3.05) is 5.73 Å². The third-order valence-corrected chi connectivity index (χ3v) is 2.84. The number of nitrogens with two attached hydrogens (primary N) is 1. The molecule has 6 heteroatoms. The Morgan fingerprint density at radius 1 is 1.26 bits per heavy atom. The van der Waals surface area contributed by atoms with Crippen LogP contribution in [0.2, 0.25) is 0 Å². The predicted molar refractivity (Wildman–Crippen MR) is 69.1 cm³/mol. The van der Waals surface area contributed by atoms with Crippen LogP contribution in [0.5, 0.6) is 0 Å². The Morgan fingerprint density at radius 3 is 3.00 bits per heavy atom. The molecular formula is C13H10N6. The molecule has 0 saturated heterocycles. The molecule has 0 spiro atoms. The molecule has 3 rings (SSSR count). The Morgan fingerprint density at radius 2 is 2.16 bits per heavy atom. The van der Waals surface area contributed by atoms with E-state index in [1.54, 1.807) is 12.4 Å². The molecule has 0 saturated carbocycles. The number of anilines is 1. The lowest BCUT2D eigenvalue weighted by molar-refractivity contribution is 0.762. The van der Waals surface area contributed by atoms with Crippen LogP contribution in [0.25, 0.3) is 11.5 Å². The minimum absolute atomic E-state index is 0.370. The van der Waals surface area contributed by atoms with Crippen LogP contribution in [0.3, 0.4) is 0 Å². The molecule has 1 aromatic rings. The lowest BCUT2D eigenvalue weighted by Gasteiger charge is -2.11. The van der Waals surface area contributed by atoms with Crippen molar-refractivity contribution in [2.24, 2.45) is 0 Å². The van der Waals surface area contributed by atoms with Crippen LogP contribution in [-0.4, -0.2) is 19.5 Å². The number of benzene rings is 1. The molecule has 92 valence electrons. The maximum absolute atomic E-state index is 8.90. The molecule has 0 fully saturated rings. The van der Waals surface area contributed by atoms with Crippen LogP contribution >= 0.6 is 0 Å². The van der Waals surface area contributed by atoms with Gasteiger partial charge in [0.05, 0.1) is 24.5 Å². The van der Waals surface area contributed by atoms with E-state index in [9.17, 15) is 0 Å². The normalized spacial score (nSPS) is 10.5. The van der Waals surface area contributed by atoms with Crippen molar-refractivity contribution in [1.82, 2.24) is 19.5 Å². The van der Waals surface area contributed by atoms with Crippen LogP contribution < -0.4 is 5.73 Å². The minimum atomic E-state index is 0.370. The maximum atomic E-state index is 8.90. The molecule has 2 aliphatic rings. The fourth-order valence-electron chi connectivity index (χ4n) is 1.95. The molecule has 0 unspecified atom stereocenters. The highest BCUT2D eigenvalue weighted by molar-refractivity contribution is 5.64. The van der Waals surface area contributed by atoms with E-state index in [1.807, 2.05) is 22.8 Å². The summed E-state index contributed by atoms with van der Waals surface area (Å²) in [6, 6.07) is 9.54. The standard InChI is InChI=1S/C13H10N6/c14-5-9-2-1-3-10(4-9)6-19-8-18-12(15)11-13(19)17-7-16-11/h1-4,7-8H,6,15H2. The Kier molecular flexibility index (Phi) is 2.58. The number of nitriles is 1. The molecule has 0 amide bonds. The van der Waals surface area contributed by atoms with Gasteiger partial charge in [0, 0.05) is 0 Å². The molecule has 2 aliphatic heterocycles. The summed E-state index contributed by atoms with van der Waals surface area (Å²) in [6.45, 7) is 0.567. The smallest absolute Gasteiger partial charge is 0.165 e. The maximum Gasteiger partial charge on any atom is 0.165 e. The third-order valence-electron chi connectivity index (χ3n) is 2.84. The van der Waals surface area contributed by atoms with E-state index in [0.29, 0.717) is 29.4 Å². The zero-order chi connectivity index (χ0) is 13.2. The highest BCUT2D eigenvalue weighted by atomic mass is 15.1. The van der Waals surface area contributed by atoms with Gasteiger partial charge >= 0.3 is 0 Å². The molecule has 0 aromatic heterocycles. The number of nitrogens with zero attached hydrogens (tertiary/aromatic N) is 5. The summed E-state index contributed by atoms with van der Waals surface area (Å²) < 4.78 is 1.86. The molecular weight excluding hydrogens is 240 g/mol. The molecule has 2 N–H and O–H groups in total. The lowest BCUT2D eigenvalue weighted by Crippen LogP contribution is -2.09. The van der Waals surface area contributed by atoms with Gasteiger partial charge in [-0.25, -0.2) is 15.0 Å². The number of nitrogen functional groups attached to an aromatic ring is 1. The lowest BCUT2D eigenvalue weighted by atomic mass is 10.1. The topological polar surface area (TPSA) is 93.4 Å². The van der Waals surface area contributed by atoms with Gasteiger partial charge in [-0.05, 0) is 17.7 Å². The Labute approximate surface area is 109 Å². The zero-order valence-electron chi connectivity index (χ0n) is 9.98. The summed E-state index contributed by atoms with van der Waals surface area (Å²) in [6.07, 6.45) is 3.09. The van der Waals surface area contributed by atoms with Crippen LogP contribution in [-0.2, 0) is 6.54 Å². The summed E-state index contributed by atoms with van der Waals surface area (Å²) in [5.74, 6) is 1.06. The summed E-state index contributed by atoms with van der Waals surface area (Å²) in [5.41, 5.74) is 7.97. The summed E-state index contributed by atoms with van der Waals surface area (Å²) in [5, 5.41) is 8.90. The van der Waals surface area contributed by atoms with Gasteiger partial charge in [-0.2, -0.15) is 5.26 Å². The first-order chi connectivity index (χ1) is 9.28. The predicted octanol–water partition coefficient (Wildman–Crippen LogP) is 1.28. The second kappa shape index (κ2) is 4.38. The number of fused-ring (bicyclic) bond motifs is 1. The van der Waals surface area contributed by atoms with Crippen molar-refractivity contribution < 1.29 is 0 Å². The number of rotatable bonds is 2. The van der Waals surface area contributed by atoms with E-state index in [2.05, 4.69) is 21.0 Å². The molecule has 1 aromatic carbocycles. The molecule has 0 radical (unpaired) electrons. The van der Waals surface area contributed by atoms with Crippen LogP contribution in [0.4, 0.5) is 5.82 Å². The zero-order valence-corrected chi connectivity index (χ0v) is 9.98. The van der Waals surface area contributed by atoms with Crippen molar-refractivity contribution in [3.63, 3.8) is 0 Å². The van der Waals surface area contributed by atoms with E-state index < -0.39 is 0 Å². The van der Waals surface area contributed by atoms with Crippen LogP contribution in [0, 0.1) is 11.3 Å². The Hall–Kier alpha value is -2.94. The van der Waals surface area contributed by atoms with Gasteiger partial charge in [0.1, 0.15) is 12.0 Å². The molecule has 6 nitrogen and oxygen atoms in total. The fourth-order valence-corrected chi connectivity index (χ4v) is 1.95. The van der Waals surface area contributed by atoms with Crippen molar-refractivity contribution in [2.45, 2.75) is 6.54 Å². The van der Waals surface area contributed by atoms with E-state index in [0.717, 1.165) is 5.56 Å². The van der Waals surface area contributed by atoms with Gasteiger partial charge in [0.15, 0.2) is 11.6 Å². The van der Waals surface area contributed by atoms with Gasteiger partial charge in [-0.1, -0.05) is 12.1 Å². The van der Waals surface area contributed by atoms with Crippen molar-refractivity contribution in [3.8, 4) is 17.6 Å². The highest BCUT2D eigenvalue weighted by Crippen LogP contribution is 2.22. The monoisotopic (exact) mass is 250 g/mol. The van der Waals surface area contributed by atoms with Gasteiger partial charge in [0.2, 0.25) is 0 Å². The van der Waals surface area contributed by atoms with Gasteiger partial charge < -0.3 is 10.3 Å². The number of imidazole rings is 1. The molecule has 0 atom stereocenters. The number of hydrogen-bond acceptors (Lipinski definition) is 5. The average molecular weight is 250 g/mol. The van der Waals surface area contributed by atoms with E-state index in [-0.39, 0.29) is 0 Å². The van der Waals surface area contributed by atoms with Crippen LogP contribution in [0.15, 0.2) is 36.9 Å². The van der Waals surface area contributed by atoms with Crippen molar-refractivity contribution in [1.29, 1.82) is 5.26 Å². The summed E-state index contributed by atoms with van der Waals surface area (Å²) >= 11 is 0. The minimum Gasteiger partial charge on any atom is -0.382 e. The first-order valence-electron chi connectivity index (χ1n) is 5.68. The third kappa shape index (κ3) is 1.98. The second-order valence-corrected chi connectivity index (χ2v) is 4.12. The average Bonchev–Trinajstić information content (AvgIpc) is 2.93. The first kappa shape index (κ1) is 11.2. The van der Waals surface area contributed by atoms with Crippen LogP contribution in [0.1, 0.15) is 11.1 Å². The van der Waals surface area contributed by atoms with Gasteiger partial charge in [-0.3, -0.25) is 0 Å². The number of hydrogen-bond donors (Lipinski definition) is 1. The Balaban J connectivity index is 2.00. The first-order valence-corrected chi connectivity index (χ1v) is 5.68. The summed E-state index contributed by atoms with van der Waals surface area (Å²) in [7, 11) is 0. The fraction of sp³-hybridized carbons (Fsp3) is 0.0769. The SMILES string of the molecule is N#Cc1cccc(Cn2cnc(N)c3ncnc2-3)c1. The molecule has 0 aliphatic carbocycles. The quantitative estimate of drug-likeness (QED) is 0.739. The Bertz CT molecular complexity index is 739. The van der Waals surface area contributed by atoms with E-state index >= 15 is 0 Å². The van der Waals surface area contributed by atoms with E-state index in [4.69, 9.17) is 11.0 Å². The van der Waals surface area contributed by atoms with Crippen molar-refractivity contribution >= 4 is 5.82 Å². The number of aromatic nitrogens is 4.